The van der Waals surface area contributed by atoms with Crippen molar-refractivity contribution in [3.05, 3.63) is 105 Å². The molecule has 1 atom stereocenters. The molecule has 6 heteroatoms. The Morgan fingerprint density at radius 1 is 1.00 bits per heavy atom. The van der Waals surface area contributed by atoms with Crippen LogP contribution in [0.1, 0.15) is 70.9 Å². The number of nitrogens with zero attached hydrogens (tertiary/aromatic N) is 1. The number of ether oxygens (including phenoxy) is 2. The molecule has 0 spiro atoms. The van der Waals surface area contributed by atoms with Crippen LogP contribution in [0.2, 0.25) is 0 Å². The maximum atomic E-state index is 13.7. The summed E-state index contributed by atoms with van der Waals surface area (Å²) in [6.07, 6.45) is 1.37. The van der Waals surface area contributed by atoms with Crippen LogP contribution in [0.4, 0.5) is 5.69 Å². The van der Waals surface area contributed by atoms with Crippen molar-refractivity contribution in [1.82, 2.24) is 5.32 Å². The summed E-state index contributed by atoms with van der Waals surface area (Å²) in [4.78, 5) is 29.0. The molecule has 1 amide bonds. The van der Waals surface area contributed by atoms with E-state index in [0.717, 1.165) is 34.2 Å². The first kappa shape index (κ1) is 28.5. The molecule has 38 heavy (non-hydrogen) atoms. The molecule has 0 unspecified atom stereocenters. The van der Waals surface area contributed by atoms with Crippen LogP contribution in [0.3, 0.4) is 0 Å². The summed E-state index contributed by atoms with van der Waals surface area (Å²) in [6.45, 7) is 15.8. The summed E-state index contributed by atoms with van der Waals surface area (Å²) in [5.74, 6) is 0.458. The van der Waals surface area contributed by atoms with Crippen LogP contribution in [0.5, 0.6) is 5.75 Å². The van der Waals surface area contributed by atoms with Gasteiger partial charge in [-0.25, -0.2) is 4.85 Å². The van der Waals surface area contributed by atoms with Crippen molar-refractivity contribution in [3.63, 3.8) is 0 Å². The third kappa shape index (κ3) is 8.21. The van der Waals surface area contributed by atoms with Crippen molar-refractivity contribution in [3.8, 4) is 5.75 Å². The molecule has 0 aliphatic heterocycles. The standard InChI is InChI=1S/C32H36N2O4/c1-21(2)14-30(26-16-22(3)15-23(4)17-26)34-32(36)29-18-24(10-11-25(29)12-13-31(35)37-6)20-38-28-9-7-8-27(19-28)33-5/h7-11,15-19,21,30H,12-14,20H2,1-4,6H3,(H,34,36)/t30-/m1/s1. The van der Waals surface area contributed by atoms with Gasteiger partial charge in [-0.1, -0.05) is 67.4 Å². The van der Waals surface area contributed by atoms with Gasteiger partial charge in [0.05, 0.1) is 19.7 Å². The Balaban J connectivity index is 1.89. The number of aryl methyl sites for hydroxylation is 3. The van der Waals surface area contributed by atoms with Crippen LogP contribution in [-0.4, -0.2) is 19.0 Å². The minimum absolute atomic E-state index is 0.147. The number of methoxy groups -OCH3 is 1. The number of benzene rings is 3. The minimum Gasteiger partial charge on any atom is -0.490 e. The molecule has 0 aliphatic rings. The van der Waals surface area contributed by atoms with Crippen molar-refractivity contribution in [2.24, 2.45) is 5.92 Å². The highest BCUT2D eigenvalue weighted by Gasteiger charge is 2.21. The Labute approximate surface area is 225 Å². The number of amides is 1. The maximum absolute atomic E-state index is 13.7. The predicted molar refractivity (Wildman–Crippen MR) is 149 cm³/mol. The molecular weight excluding hydrogens is 476 g/mol. The van der Waals surface area contributed by atoms with Crippen molar-refractivity contribution < 1.29 is 19.1 Å². The monoisotopic (exact) mass is 512 g/mol. The van der Waals surface area contributed by atoms with Crippen molar-refractivity contribution in [2.75, 3.05) is 7.11 Å². The molecule has 3 rings (SSSR count). The summed E-state index contributed by atoms with van der Waals surface area (Å²) < 4.78 is 10.7. The maximum Gasteiger partial charge on any atom is 0.305 e. The van der Waals surface area contributed by atoms with Crippen LogP contribution in [-0.2, 0) is 22.6 Å². The molecular formula is C32H36N2O4. The number of carbonyl (C=O) groups is 2. The Kier molecular flexibility index (Phi) is 10.1. The summed E-state index contributed by atoms with van der Waals surface area (Å²) >= 11 is 0. The Bertz CT molecular complexity index is 1300. The van der Waals surface area contributed by atoms with Gasteiger partial charge < -0.3 is 14.8 Å². The molecule has 3 aromatic rings. The van der Waals surface area contributed by atoms with Crippen molar-refractivity contribution in [2.45, 2.75) is 59.6 Å². The van der Waals surface area contributed by atoms with Crippen LogP contribution in [0, 0.1) is 26.3 Å². The lowest BCUT2D eigenvalue weighted by Crippen LogP contribution is -2.30. The number of esters is 1. The van der Waals surface area contributed by atoms with E-state index < -0.39 is 0 Å². The normalized spacial score (nSPS) is 11.5. The first-order valence-corrected chi connectivity index (χ1v) is 12.9. The van der Waals surface area contributed by atoms with Gasteiger partial charge in [-0.15, -0.1) is 0 Å². The topological polar surface area (TPSA) is 69.0 Å². The number of carbonyl (C=O) groups excluding carboxylic acids is 2. The molecule has 6 nitrogen and oxygen atoms in total. The summed E-state index contributed by atoms with van der Waals surface area (Å²) in [7, 11) is 1.36. The van der Waals surface area contributed by atoms with Gasteiger partial charge >= 0.3 is 5.97 Å². The third-order valence-corrected chi connectivity index (χ3v) is 6.26. The van der Waals surface area contributed by atoms with Crippen molar-refractivity contribution >= 4 is 17.6 Å². The lowest BCUT2D eigenvalue weighted by molar-refractivity contribution is -0.140. The number of rotatable bonds is 11. The van der Waals surface area contributed by atoms with E-state index >= 15 is 0 Å². The van der Waals surface area contributed by atoms with Crippen LogP contribution >= 0.6 is 0 Å². The van der Waals surface area contributed by atoms with E-state index in [2.05, 4.69) is 56.1 Å². The van der Waals surface area contributed by atoms with Gasteiger partial charge in [0.15, 0.2) is 5.69 Å². The van der Waals surface area contributed by atoms with Gasteiger partial charge in [-0.05, 0) is 67.5 Å². The van der Waals surface area contributed by atoms with Crippen LogP contribution < -0.4 is 10.1 Å². The van der Waals surface area contributed by atoms with E-state index in [1.807, 2.05) is 18.2 Å². The second-order valence-electron chi connectivity index (χ2n) is 10.0. The molecule has 0 saturated carbocycles. The highest BCUT2D eigenvalue weighted by Crippen LogP contribution is 2.26. The van der Waals surface area contributed by atoms with Gasteiger partial charge in [0.2, 0.25) is 0 Å². The Morgan fingerprint density at radius 2 is 1.74 bits per heavy atom. The molecule has 0 aromatic heterocycles. The lowest BCUT2D eigenvalue weighted by atomic mass is 9.93. The summed E-state index contributed by atoms with van der Waals surface area (Å²) in [5, 5.41) is 3.26. The van der Waals surface area contributed by atoms with Gasteiger partial charge in [-0.2, -0.15) is 0 Å². The predicted octanol–water partition coefficient (Wildman–Crippen LogP) is 7.06. The van der Waals surface area contributed by atoms with Crippen molar-refractivity contribution in [1.29, 1.82) is 0 Å². The fraction of sp³-hybridized carbons (Fsp3) is 0.344. The molecule has 0 bridgehead atoms. The smallest absolute Gasteiger partial charge is 0.305 e. The molecule has 3 aromatic carbocycles. The van der Waals surface area contributed by atoms with Gasteiger partial charge in [0.1, 0.15) is 12.4 Å². The molecule has 0 fully saturated rings. The first-order chi connectivity index (χ1) is 18.2. The molecule has 0 aliphatic carbocycles. The Hall–Kier alpha value is -4.11. The average Bonchev–Trinajstić information content (AvgIpc) is 2.89. The van der Waals surface area contributed by atoms with E-state index in [1.165, 1.54) is 7.11 Å². The minimum atomic E-state index is -0.323. The van der Waals surface area contributed by atoms with Gasteiger partial charge in [0.25, 0.3) is 5.91 Å². The zero-order chi connectivity index (χ0) is 27.7. The Morgan fingerprint density at radius 3 is 2.39 bits per heavy atom. The zero-order valence-corrected chi connectivity index (χ0v) is 22.8. The largest absolute Gasteiger partial charge is 0.490 e. The third-order valence-electron chi connectivity index (χ3n) is 6.26. The number of hydrogen-bond donors (Lipinski definition) is 1. The fourth-order valence-electron chi connectivity index (χ4n) is 4.49. The summed E-state index contributed by atoms with van der Waals surface area (Å²) in [6, 6.07) is 18.8. The highest BCUT2D eigenvalue weighted by atomic mass is 16.5. The summed E-state index contributed by atoms with van der Waals surface area (Å²) in [5.41, 5.74) is 6.00. The highest BCUT2D eigenvalue weighted by molar-refractivity contribution is 5.96. The fourth-order valence-corrected chi connectivity index (χ4v) is 4.49. The van der Waals surface area contributed by atoms with Gasteiger partial charge in [-0.3, -0.25) is 9.59 Å². The van der Waals surface area contributed by atoms with E-state index in [4.69, 9.17) is 16.0 Å². The van der Waals surface area contributed by atoms with Crippen LogP contribution in [0.15, 0.2) is 60.7 Å². The van der Waals surface area contributed by atoms with Crippen LogP contribution in [0.25, 0.3) is 4.85 Å². The van der Waals surface area contributed by atoms with E-state index in [9.17, 15) is 9.59 Å². The van der Waals surface area contributed by atoms with E-state index in [1.54, 1.807) is 24.3 Å². The SMILES string of the molecule is [C-]#[N+]c1cccc(OCc2ccc(CCC(=O)OC)c(C(=O)N[C@H](CC(C)C)c3cc(C)cc(C)c3)c2)c1. The second kappa shape index (κ2) is 13.4. The zero-order valence-electron chi connectivity index (χ0n) is 22.8. The number of hydrogen-bond acceptors (Lipinski definition) is 4. The van der Waals surface area contributed by atoms with E-state index in [-0.39, 0.29) is 30.9 Å². The lowest BCUT2D eigenvalue weighted by Gasteiger charge is -2.23. The molecule has 1 N–H and O–H groups in total. The quantitative estimate of drug-likeness (QED) is 0.221. The van der Waals surface area contributed by atoms with Gasteiger partial charge in [0, 0.05) is 12.0 Å². The molecule has 0 saturated heterocycles. The average molecular weight is 513 g/mol. The van der Waals surface area contributed by atoms with E-state index in [0.29, 0.717) is 29.3 Å². The second-order valence-corrected chi connectivity index (χ2v) is 10.0. The molecule has 0 radical (unpaired) electrons. The molecule has 0 heterocycles. The number of nitrogens with one attached hydrogen (secondary N) is 1. The first-order valence-electron chi connectivity index (χ1n) is 12.9. The molecule has 198 valence electrons.